The summed E-state index contributed by atoms with van der Waals surface area (Å²) >= 11 is 0. The second-order valence-corrected chi connectivity index (χ2v) is 5.89. The van der Waals surface area contributed by atoms with Gasteiger partial charge < -0.3 is 5.32 Å². The third-order valence-electron chi connectivity index (χ3n) is 4.06. The van der Waals surface area contributed by atoms with Gasteiger partial charge in [0.25, 0.3) is 0 Å². The van der Waals surface area contributed by atoms with Crippen molar-refractivity contribution < 1.29 is 4.79 Å². The van der Waals surface area contributed by atoms with Gasteiger partial charge in [0.2, 0.25) is 5.91 Å². The molecule has 4 heteroatoms. The first-order chi connectivity index (χ1) is 12.3. The van der Waals surface area contributed by atoms with Crippen LogP contribution in [0.4, 0.5) is 5.82 Å². The minimum absolute atomic E-state index is 0.0754. The lowest BCUT2D eigenvalue weighted by Gasteiger charge is -2.05. The predicted octanol–water partition coefficient (Wildman–Crippen LogP) is 4.21. The third-order valence-corrected chi connectivity index (χ3v) is 4.06. The summed E-state index contributed by atoms with van der Waals surface area (Å²) in [5.74, 6) is 0.475. The summed E-state index contributed by atoms with van der Waals surface area (Å²) < 4.78 is 1.74. The van der Waals surface area contributed by atoms with Crippen molar-refractivity contribution in [2.45, 2.75) is 6.42 Å². The lowest BCUT2D eigenvalue weighted by atomic mass is 10.1. The number of carbonyl (C=O) groups excluding carboxylic acids is 1. The number of nitrogens with one attached hydrogen (secondary N) is 1. The fourth-order valence-electron chi connectivity index (χ4n) is 2.84. The van der Waals surface area contributed by atoms with Crippen molar-refractivity contribution in [2.75, 3.05) is 5.32 Å². The number of nitrogens with zero attached hydrogens (tertiary/aromatic N) is 2. The maximum Gasteiger partial charge on any atom is 0.229 e. The first-order valence-corrected chi connectivity index (χ1v) is 8.16. The number of hydrogen-bond acceptors (Lipinski definition) is 2. The Morgan fingerprint density at radius 3 is 2.48 bits per heavy atom. The Morgan fingerprint density at radius 2 is 1.64 bits per heavy atom. The van der Waals surface area contributed by atoms with E-state index >= 15 is 0 Å². The summed E-state index contributed by atoms with van der Waals surface area (Å²) in [4.78, 5) is 12.3. The number of rotatable bonds is 4. The van der Waals surface area contributed by atoms with Crippen LogP contribution in [-0.4, -0.2) is 15.7 Å². The number of fused-ring (bicyclic) bond motifs is 1. The second-order valence-electron chi connectivity index (χ2n) is 5.89. The summed E-state index contributed by atoms with van der Waals surface area (Å²) in [5.41, 5.74) is 1.94. The van der Waals surface area contributed by atoms with Crippen LogP contribution in [0, 0.1) is 0 Å². The van der Waals surface area contributed by atoms with Crippen LogP contribution < -0.4 is 5.32 Å². The van der Waals surface area contributed by atoms with E-state index in [2.05, 4.69) is 28.6 Å². The van der Waals surface area contributed by atoms with Crippen LogP contribution in [0.3, 0.4) is 0 Å². The van der Waals surface area contributed by atoms with E-state index in [1.165, 1.54) is 5.39 Å². The molecule has 0 aliphatic carbocycles. The van der Waals surface area contributed by atoms with Crippen molar-refractivity contribution in [3.05, 3.63) is 90.6 Å². The molecule has 0 saturated carbocycles. The molecule has 4 nitrogen and oxygen atoms in total. The Balaban J connectivity index is 1.46. The highest BCUT2D eigenvalue weighted by atomic mass is 16.1. The van der Waals surface area contributed by atoms with Gasteiger partial charge in [-0.25, -0.2) is 4.68 Å². The summed E-state index contributed by atoms with van der Waals surface area (Å²) in [6.07, 6.45) is 2.16. The van der Waals surface area contributed by atoms with Crippen molar-refractivity contribution in [3.63, 3.8) is 0 Å². The second kappa shape index (κ2) is 6.61. The highest BCUT2D eigenvalue weighted by Gasteiger charge is 2.07. The molecule has 0 aliphatic heterocycles. The monoisotopic (exact) mass is 327 g/mol. The molecule has 1 aromatic heterocycles. The van der Waals surface area contributed by atoms with Crippen LogP contribution in [0.1, 0.15) is 5.56 Å². The summed E-state index contributed by atoms with van der Waals surface area (Å²) in [7, 11) is 0. The first-order valence-electron chi connectivity index (χ1n) is 8.16. The van der Waals surface area contributed by atoms with E-state index in [1.54, 1.807) is 10.7 Å². The molecule has 0 bridgehead atoms. The Labute approximate surface area is 145 Å². The molecule has 0 saturated heterocycles. The molecule has 0 atom stereocenters. The lowest BCUT2D eigenvalue weighted by molar-refractivity contribution is -0.115. The van der Waals surface area contributed by atoms with E-state index in [4.69, 9.17) is 0 Å². The molecule has 0 aliphatic rings. The molecular formula is C21H17N3O. The highest BCUT2D eigenvalue weighted by Crippen LogP contribution is 2.16. The van der Waals surface area contributed by atoms with Gasteiger partial charge >= 0.3 is 0 Å². The number of anilines is 1. The molecule has 25 heavy (non-hydrogen) atoms. The molecular weight excluding hydrogens is 310 g/mol. The van der Waals surface area contributed by atoms with Crippen molar-refractivity contribution in [1.29, 1.82) is 0 Å². The zero-order chi connectivity index (χ0) is 17.1. The van der Waals surface area contributed by atoms with Gasteiger partial charge in [0, 0.05) is 12.3 Å². The molecule has 0 spiro atoms. The van der Waals surface area contributed by atoms with Gasteiger partial charge in [0.1, 0.15) is 0 Å². The third kappa shape index (κ3) is 3.43. The van der Waals surface area contributed by atoms with Crippen LogP contribution in [0.15, 0.2) is 85.1 Å². The van der Waals surface area contributed by atoms with Crippen LogP contribution >= 0.6 is 0 Å². The average molecular weight is 327 g/mol. The van der Waals surface area contributed by atoms with Gasteiger partial charge in [-0.2, -0.15) is 5.10 Å². The average Bonchev–Trinajstić information content (AvgIpc) is 3.10. The van der Waals surface area contributed by atoms with Crippen molar-refractivity contribution in [2.24, 2.45) is 0 Å². The molecule has 1 amide bonds. The lowest BCUT2D eigenvalue weighted by Crippen LogP contribution is -2.15. The van der Waals surface area contributed by atoms with E-state index in [0.717, 1.165) is 16.6 Å². The van der Waals surface area contributed by atoms with Gasteiger partial charge in [-0.15, -0.1) is 0 Å². The zero-order valence-electron chi connectivity index (χ0n) is 13.6. The molecule has 122 valence electrons. The smallest absolute Gasteiger partial charge is 0.229 e. The molecule has 1 heterocycles. The Morgan fingerprint density at radius 1 is 0.880 bits per heavy atom. The number of para-hydroxylation sites is 1. The van der Waals surface area contributed by atoms with Crippen LogP contribution in [0.25, 0.3) is 16.5 Å². The summed E-state index contributed by atoms with van der Waals surface area (Å²) in [6, 6.07) is 25.8. The minimum Gasteiger partial charge on any atom is -0.309 e. The van der Waals surface area contributed by atoms with Gasteiger partial charge in [0.15, 0.2) is 5.82 Å². The quantitative estimate of drug-likeness (QED) is 0.610. The van der Waals surface area contributed by atoms with Crippen molar-refractivity contribution in [3.8, 4) is 5.69 Å². The van der Waals surface area contributed by atoms with E-state index in [1.807, 2.05) is 60.8 Å². The maximum atomic E-state index is 12.3. The Hall–Kier alpha value is -3.40. The standard InChI is InChI=1S/C21H17N3O/c25-21(15-16-10-11-17-6-4-5-7-18(17)14-16)22-20-12-13-24(23-20)19-8-2-1-3-9-19/h1-14H,15H2,(H,22,23,25). The highest BCUT2D eigenvalue weighted by molar-refractivity contribution is 5.92. The molecule has 4 rings (SSSR count). The Kier molecular flexibility index (Phi) is 4.01. The molecule has 0 fully saturated rings. The van der Waals surface area contributed by atoms with Crippen LogP contribution in [0.5, 0.6) is 0 Å². The minimum atomic E-state index is -0.0754. The zero-order valence-corrected chi connectivity index (χ0v) is 13.6. The predicted molar refractivity (Wildman–Crippen MR) is 99.8 cm³/mol. The summed E-state index contributed by atoms with van der Waals surface area (Å²) in [5, 5.41) is 9.57. The number of amides is 1. The Bertz CT molecular complexity index is 1020. The van der Waals surface area contributed by atoms with E-state index in [0.29, 0.717) is 12.2 Å². The maximum absolute atomic E-state index is 12.3. The van der Waals surface area contributed by atoms with Crippen LogP contribution in [0.2, 0.25) is 0 Å². The molecule has 1 N–H and O–H groups in total. The molecule has 3 aromatic carbocycles. The molecule has 0 unspecified atom stereocenters. The fraction of sp³-hybridized carbons (Fsp3) is 0.0476. The number of benzene rings is 3. The number of aromatic nitrogens is 2. The van der Waals surface area contributed by atoms with Gasteiger partial charge in [-0.3, -0.25) is 4.79 Å². The largest absolute Gasteiger partial charge is 0.309 e. The van der Waals surface area contributed by atoms with Gasteiger partial charge in [0.05, 0.1) is 12.1 Å². The van der Waals surface area contributed by atoms with Crippen LogP contribution in [-0.2, 0) is 11.2 Å². The number of hydrogen-bond donors (Lipinski definition) is 1. The fourth-order valence-corrected chi connectivity index (χ4v) is 2.84. The van der Waals surface area contributed by atoms with Crippen molar-refractivity contribution in [1.82, 2.24) is 9.78 Å². The van der Waals surface area contributed by atoms with E-state index in [-0.39, 0.29) is 5.91 Å². The molecule has 0 radical (unpaired) electrons. The summed E-state index contributed by atoms with van der Waals surface area (Å²) in [6.45, 7) is 0. The van der Waals surface area contributed by atoms with E-state index in [9.17, 15) is 4.79 Å². The van der Waals surface area contributed by atoms with E-state index < -0.39 is 0 Å². The van der Waals surface area contributed by atoms with Crippen molar-refractivity contribution >= 4 is 22.5 Å². The van der Waals surface area contributed by atoms with Gasteiger partial charge in [-0.05, 0) is 28.5 Å². The molecule has 4 aromatic rings. The number of carbonyl (C=O) groups is 1. The first kappa shape index (κ1) is 15.1. The topological polar surface area (TPSA) is 46.9 Å². The normalized spacial score (nSPS) is 10.7. The van der Waals surface area contributed by atoms with Gasteiger partial charge in [-0.1, -0.05) is 60.7 Å². The SMILES string of the molecule is O=C(Cc1ccc2ccccc2c1)Nc1ccn(-c2ccccc2)n1.